The van der Waals surface area contributed by atoms with Gasteiger partial charge in [-0.05, 0) is 19.8 Å². The van der Waals surface area contributed by atoms with Crippen LogP contribution in [0.3, 0.4) is 0 Å². The second-order valence-corrected chi connectivity index (χ2v) is 3.46. The largest absolute Gasteiger partial charge is 0.490 e. The summed E-state index contributed by atoms with van der Waals surface area (Å²) in [6, 6.07) is 1.94. The van der Waals surface area contributed by atoms with Gasteiger partial charge >= 0.3 is 0 Å². The Balaban J connectivity index is 2.19. The van der Waals surface area contributed by atoms with E-state index in [1.807, 2.05) is 19.2 Å². The summed E-state index contributed by atoms with van der Waals surface area (Å²) in [5.41, 5.74) is 7.47. The molecule has 70 valence electrons. The zero-order valence-corrected chi connectivity index (χ0v) is 7.79. The number of pyridine rings is 1. The molecule has 0 amide bonds. The Hall–Kier alpha value is -1.09. The molecule has 1 aliphatic carbocycles. The normalized spacial score (nSPS) is 15.8. The first-order valence-electron chi connectivity index (χ1n) is 4.62. The van der Waals surface area contributed by atoms with E-state index in [9.17, 15) is 0 Å². The first-order chi connectivity index (χ1) is 6.29. The van der Waals surface area contributed by atoms with Crippen molar-refractivity contribution in [3.8, 4) is 5.75 Å². The monoisotopic (exact) mass is 178 g/mol. The maximum absolute atomic E-state index is 5.70. The van der Waals surface area contributed by atoms with Crippen molar-refractivity contribution in [1.82, 2.24) is 4.98 Å². The van der Waals surface area contributed by atoms with Crippen molar-refractivity contribution in [1.29, 1.82) is 0 Å². The summed E-state index contributed by atoms with van der Waals surface area (Å²) in [5, 5.41) is 0. The molecule has 1 fully saturated rings. The fourth-order valence-electron chi connectivity index (χ4n) is 1.15. The molecule has 13 heavy (non-hydrogen) atoms. The van der Waals surface area contributed by atoms with Crippen molar-refractivity contribution in [3.05, 3.63) is 23.5 Å². The number of nitrogens with zero attached hydrogens (tertiary/aromatic N) is 1. The zero-order chi connectivity index (χ0) is 9.26. The van der Waals surface area contributed by atoms with Crippen molar-refractivity contribution in [3.63, 3.8) is 0 Å². The second-order valence-electron chi connectivity index (χ2n) is 3.46. The van der Waals surface area contributed by atoms with Crippen molar-refractivity contribution in [2.45, 2.75) is 32.4 Å². The summed E-state index contributed by atoms with van der Waals surface area (Å²) in [6.07, 6.45) is 4.62. The van der Waals surface area contributed by atoms with E-state index in [2.05, 4.69) is 4.98 Å². The molecule has 1 saturated carbocycles. The van der Waals surface area contributed by atoms with E-state index in [4.69, 9.17) is 10.5 Å². The summed E-state index contributed by atoms with van der Waals surface area (Å²) >= 11 is 0. The highest BCUT2D eigenvalue weighted by molar-refractivity contribution is 5.32. The second kappa shape index (κ2) is 3.34. The molecule has 0 radical (unpaired) electrons. The van der Waals surface area contributed by atoms with Crippen LogP contribution in [0.25, 0.3) is 0 Å². The Morgan fingerprint density at radius 2 is 2.38 bits per heavy atom. The Bertz CT molecular complexity index is 308. The molecule has 3 nitrogen and oxygen atoms in total. The van der Waals surface area contributed by atoms with E-state index in [0.717, 1.165) is 17.0 Å². The van der Waals surface area contributed by atoms with Crippen LogP contribution in [0.1, 0.15) is 24.1 Å². The molecule has 0 spiro atoms. The summed E-state index contributed by atoms with van der Waals surface area (Å²) in [5.74, 6) is 0.943. The van der Waals surface area contributed by atoms with Crippen LogP contribution >= 0.6 is 0 Å². The number of aryl methyl sites for hydroxylation is 1. The highest BCUT2D eigenvalue weighted by Gasteiger charge is 2.24. The first-order valence-corrected chi connectivity index (χ1v) is 4.62. The van der Waals surface area contributed by atoms with Crippen LogP contribution in [-0.4, -0.2) is 11.1 Å². The maximum atomic E-state index is 5.70. The fraction of sp³-hybridized carbons (Fsp3) is 0.500. The van der Waals surface area contributed by atoms with Crippen molar-refractivity contribution >= 4 is 0 Å². The van der Waals surface area contributed by atoms with Gasteiger partial charge in [0.1, 0.15) is 5.75 Å². The van der Waals surface area contributed by atoms with Gasteiger partial charge in [0.05, 0.1) is 11.8 Å². The third-order valence-electron chi connectivity index (χ3n) is 2.14. The SMILES string of the molecule is Cc1cnc(CN)cc1OC1CC1. The van der Waals surface area contributed by atoms with Crippen molar-refractivity contribution in [2.75, 3.05) is 0 Å². The van der Waals surface area contributed by atoms with Crippen LogP contribution in [0.2, 0.25) is 0 Å². The van der Waals surface area contributed by atoms with Crippen LogP contribution in [0, 0.1) is 6.92 Å². The van der Waals surface area contributed by atoms with E-state index in [1.54, 1.807) is 0 Å². The quantitative estimate of drug-likeness (QED) is 0.760. The first kappa shape index (κ1) is 8.51. The third kappa shape index (κ3) is 1.98. The number of nitrogens with two attached hydrogens (primary N) is 1. The molecule has 1 heterocycles. The molecule has 1 aromatic rings. The number of hydrogen-bond acceptors (Lipinski definition) is 3. The Labute approximate surface area is 77.9 Å². The van der Waals surface area contributed by atoms with Gasteiger partial charge in [0.2, 0.25) is 0 Å². The average Bonchev–Trinajstić information content (AvgIpc) is 2.93. The van der Waals surface area contributed by atoms with Crippen LogP contribution in [0.4, 0.5) is 0 Å². The van der Waals surface area contributed by atoms with Crippen LogP contribution in [-0.2, 0) is 6.54 Å². The van der Waals surface area contributed by atoms with Crippen LogP contribution < -0.4 is 10.5 Å². The fourth-order valence-corrected chi connectivity index (χ4v) is 1.15. The summed E-state index contributed by atoms with van der Waals surface area (Å²) in [4.78, 5) is 4.18. The van der Waals surface area contributed by atoms with Gasteiger partial charge in [0.15, 0.2) is 0 Å². The summed E-state index contributed by atoms with van der Waals surface area (Å²) in [6.45, 7) is 2.48. The predicted octanol–water partition coefficient (Wildman–Crippen LogP) is 1.39. The number of hydrogen-bond donors (Lipinski definition) is 1. The van der Waals surface area contributed by atoms with E-state index in [0.29, 0.717) is 12.6 Å². The Morgan fingerprint density at radius 1 is 1.62 bits per heavy atom. The standard InChI is InChI=1S/C10H14N2O/c1-7-6-12-8(5-11)4-10(7)13-9-2-3-9/h4,6,9H,2-3,5,11H2,1H3. The highest BCUT2D eigenvalue weighted by Crippen LogP contribution is 2.28. The molecule has 0 bridgehead atoms. The predicted molar refractivity (Wildman–Crippen MR) is 50.5 cm³/mol. The lowest BCUT2D eigenvalue weighted by atomic mass is 10.2. The Kier molecular flexibility index (Phi) is 2.19. The van der Waals surface area contributed by atoms with E-state index >= 15 is 0 Å². The minimum Gasteiger partial charge on any atom is -0.490 e. The molecule has 1 aliphatic rings. The van der Waals surface area contributed by atoms with Gasteiger partial charge in [-0.3, -0.25) is 4.98 Å². The van der Waals surface area contributed by atoms with E-state index < -0.39 is 0 Å². The molecule has 0 aliphatic heterocycles. The minimum atomic E-state index is 0.437. The number of aromatic nitrogens is 1. The van der Waals surface area contributed by atoms with Gasteiger partial charge in [-0.1, -0.05) is 0 Å². The molecule has 0 aromatic carbocycles. The van der Waals surface area contributed by atoms with Crippen molar-refractivity contribution in [2.24, 2.45) is 5.73 Å². The number of rotatable bonds is 3. The van der Waals surface area contributed by atoms with Gasteiger partial charge in [0.25, 0.3) is 0 Å². The Morgan fingerprint density at radius 3 is 3.00 bits per heavy atom. The van der Waals surface area contributed by atoms with Gasteiger partial charge in [0, 0.05) is 24.4 Å². The highest BCUT2D eigenvalue weighted by atomic mass is 16.5. The van der Waals surface area contributed by atoms with Gasteiger partial charge in [-0.25, -0.2) is 0 Å². The molecule has 0 saturated heterocycles. The molecule has 0 atom stereocenters. The van der Waals surface area contributed by atoms with Gasteiger partial charge in [-0.2, -0.15) is 0 Å². The lowest BCUT2D eigenvalue weighted by Crippen LogP contribution is -2.03. The average molecular weight is 178 g/mol. The molecule has 3 heteroatoms. The lowest BCUT2D eigenvalue weighted by Gasteiger charge is -2.08. The molecule has 0 unspecified atom stereocenters. The lowest BCUT2D eigenvalue weighted by molar-refractivity contribution is 0.300. The van der Waals surface area contributed by atoms with Gasteiger partial charge in [-0.15, -0.1) is 0 Å². The molecule has 1 aromatic heterocycles. The van der Waals surface area contributed by atoms with Crippen LogP contribution in [0.15, 0.2) is 12.3 Å². The summed E-state index contributed by atoms with van der Waals surface area (Å²) < 4.78 is 5.70. The molecule has 2 N–H and O–H groups in total. The topological polar surface area (TPSA) is 48.1 Å². The third-order valence-corrected chi connectivity index (χ3v) is 2.14. The maximum Gasteiger partial charge on any atom is 0.126 e. The van der Waals surface area contributed by atoms with Crippen LogP contribution in [0.5, 0.6) is 5.75 Å². The zero-order valence-electron chi connectivity index (χ0n) is 7.79. The van der Waals surface area contributed by atoms with E-state index in [-0.39, 0.29) is 0 Å². The van der Waals surface area contributed by atoms with Crippen molar-refractivity contribution < 1.29 is 4.74 Å². The van der Waals surface area contributed by atoms with E-state index in [1.165, 1.54) is 12.8 Å². The minimum absolute atomic E-state index is 0.437. The molecular formula is C10H14N2O. The smallest absolute Gasteiger partial charge is 0.126 e. The summed E-state index contributed by atoms with van der Waals surface area (Å²) in [7, 11) is 0. The number of ether oxygens (including phenoxy) is 1. The molecule has 2 rings (SSSR count). The van der Waals surface area contributed by atoms with Gasteiger partial charge < -0.3 is 10.5 Å². The molecular weight excluding hydrogens is 164 g/mol.